The lowest BCUT2D eigenvalue weighted by molar-refractivity contribution is 0.00705. The van der Waals surface area contributed by atoms with Crippen molar-refractivity contribution >= 4 is 41.3 Å². The maximum Gasteiger partial charge on any atom is 0.194 e. The van der Waals surface area contributed by atoms with E-state index in [-0.39, 0.29) is 35.5 Å². The van der Waals surface area contributed by atoms with Crippen molar-refractivity contribution in [2.24, 2.45) is 10.4 Å². The molecular formula is C17H31IN4OS. The molecule has 24 heavy (non-hydrogen) atoms. The van der Waals surface area contributed by atoms with Gasteiger partial charge in [0, 0.05) is 24.4 Å². The van der Waals surface area contributed by atoms with Crippen molar-refractivity contribution in [3.8, 4) is 0 Å². The van der Waals surface area contributed by atoms with Crippen LogP contribution in [0.5, 0.6) is 0 Å². The Hall–Kier alpha value is -0.410. The predicted molar refractivity (Wildman–Crippen MR) is 112 cm³/mol. The Bertz CT molecular complexity index is 536. The van der Waals surface area contributed by atoms with Gasteiger partial charge in [-0.05, 0) is 26.7 Å². The number of nitrogens with zero attached hydrogens (tertiary/aromatic N) is 3. The Labute approximate surface area is 167 Å². The van der Waals surface area contributed by atoms with Gasteiger partial charge in [0.2, 0.25) is 0 Å². The van der Waals surface area contributed by atoms with Gasteiger partial charge in [-0.15, -0.1) is 35.3 Å². The van der Waals surface area contributed by atoms with Gasteiger partial charge in [-0.1, -0.05) is 19.8 Å². The van der Waals surface area contributed by atoms with E-state index in [1.165, 1.54) is 6.42 Å². The fourth-order valence-electron chi connectivity index (χ4n) is 3.09. The van der Waals surface area contributed by atoms with Crippen LogP contribution in [0.15, 0.2) is 10.4 Å². The highest BCUT2D eigenvalue weighted by Gasteiger charge is 2.35. The first kappa shape index (κ1) is 21.6. The van der Waals surface area contributed by atoms with Gasteiger partial charge in [-0.2, -0.15) is 0 Å². The summed E-state index contributed by atoms with van der Waals surface area (Å²) in [4.78, 5) is 11.4. The molecule has 0 radical (unpaired) electrons. The zero-order valence-corrected chi connectivity index (χ0v) is 18.4. The average Bonchev–Trinajstić information content (AvgIpc) is 2.92. The normalized spacial score (nSPS) is 24.4. The third kappa shape index (κ3) is 5.84. The van der Waals surface area contributed by atoms with Crippen molar-refractivity contribution in [2.45, 2.75) is 59.1 Å². The molecule has 5 nitrogen and oxygen atoms in total. The number of rotatable bonds is 5. The summed E-state index contributed by atoms with van der Waals surface area (Å²) in [6.45, 7) is 8.50. The number of thiazole rings is 1. The van der Waals surface area contributed by atoms with Crippen molar-refractivity contribution < 1.29 is 5.11 Å². The van der Waals surface area contributed by atoms with Crippen LogP contribution in [0.3, 0.4) is 0 Å². The molecule has 0 aliphatic heterocycles. The number of aliphatic hydroxyl groups is 1. The van der Waals surface area contributed by atoms with Gasteiger partial charge in [-0.25, -0.2) is 4.98 Å². The van der Waals surface area contributed by atoms with E-state index in [0.717, 1.165) is 49.0 Å². The molecule has 2 unspecified atom stereocenters. The first-order valence-electron chi connectivity index (χ1n) is 8.53. The van der Waals surface area contributed by atoms with Crippen LogP contribution in [0.4, 0.5) is 0 Å². The average molecular weight is 466 g/mol. The Morgan fingerprint density at radius 2 is 2.29 bits per heavy atom. The van der Waals surface area contributed by atoms with Gasteiger partial charge in [0.15, 0.2) is 5.96 Å². The second kappa shape index (κ2) is 9.91. The number of nitrogens with one attached hydrogen (secondary N) is 1. The number of halogens is 1. The van der Waals surface area contributed by atoms with Gasteiger partial charge in [0.1, 0.15) is 0 Å². The molecule has 1 aromatic rings. The minimum Gasteiger partial charge on any atom is -0.392 e. The summed E-state index contributed by atoms with van der Waals surface area (Å²) in [5.74, 6) is 0.886. The molecule has 1 aromatic heterocycles. The summed E-state index contributed by atoms with van der Waals surface area (Å²) in [5, 5.41) is 16.9. The second-order valence-corrected chi connectivity index (χ2v) is 7.86. The van der Waals surface area contributed by atoms with E-state index in [2.05, 4.69) is 34.4 Å². The van der Waals surface area contributed by atoms with E-state index in [9.17, 15) is 5.11 Å². The molecule has 0 spiro atoms. The van der Waals surface area contributed by atoms with Crippen LogP contribution in [0.1, 0.15) is 50.2 Å². The molecule has 1 aliphatic rings. The van der Waals surface area contributed by atoms with Gasteiger partial charge in [-0.3, -0.25) is 4.99 Å². The largest absolute Gasteiger partial charge is 0.392 e. The van der Waals surface area contributed by atoms with Crippen LogP contribution in [-0.4, -0.2) is 47.2 Å². The Morgan fingerprint density at radius 3 is 2.88 bits per heavy atom. The van der Waals surface area contributed by atoms with Crippen LogP contribution >= 0.6 is 35.3 Å². The third-order valence-corrected chi connectivity index (χ3v) is 5.45. The smallest absolute Gasteiger partial charge is 0.194 e. The number of hydrogen-bond donors (Lipinski definition) is 2. The molecule has 0 saturated heterocycles. The molecule has 1 saturated carbocycles. The fourth-order valence-corrected chi connectivity index (χ4v) is 3.69. The monoisotopic (exact) mass is 466 g/mol. The summed E-state index contributed by atoms with van der Waals surface area (Å²) >= 11 is 1.68. The summed E-state index contributed by atoms with van der Waals surface area (Å²) in [6, 6.07) is 0. The number of guanidine groups is 1. The van der Waals surface area contributed by atoms with Gasteiger partial charge in [0.05, 0.1) is 29.9 Å². The zero-order valence-electron chi connectivity index (χ0n) is 15.2. The molecule has 0 amide bonds. The summed E-state index contributed by atoms with van der Waals surface area (Å²) in [5.41, 5.74) is 0.973. The lowest BCUT2D eigenvalue weighted by atomic mass is 9.73. The summed E-state index contributed by atoms with van der Waals surface area (Å²) in [6.07, 6.45) is 4.02. The SMILES string of the molecule is CCNC(=NCC1(C)CCCCC1O)N(C)Cc1csc(C)n1.I. The molecular weight excluding hydrogens is 435 g/mol. The van der Waals surface area contributed by atoms with Gasteiger partial charge in [0.25, 0.3) is 0 Å². The van der Waals surface area contributed by atoms with Crippen molar-refractivity contribution in [2.75, 3.05) is 20.1 Å². The van der Waals surface area contributed by atoms with Gasteiger partial charge >= 0.3 is 0 Å². The van der Waals surface area contributed by atoms with Crippen molar-refractivity contribution in [1.82, 2.24) is 15.2 Å². The van der Waals surface area contributed by atoms with Crippen LogP contribution in [0.2, 0.25) is 0 Å². The molecule has 1 aliphatic carbocycles. The highest BCUT2D eigenvalue weighted by Crippen LogP contribution is 2.36. The maximum atomic E-state index is 10.3. The van der Waals surface area contributed by atoms with Crippen LogP contribution in [0, 0.1) is 12.3 Å². The number of aliphatic imine (C=N–C) groups is 1. The Balaban J connectivity index is 0.00000288. The van der Waals surface area contributed by atoms with E-state index in [1.807, 2.05) is 14.0 Å². The highest BCUT2D eigenvalue weighted by molar-refractivity contribution is 14.0. The lowest BCUT2D eigenvalue weighted by Crippen LogP contribution is -2.42. The first-order chi connectivity index (χ1) is 10.9. The molecule has 0 bridgehead atoms. The number of aryl methyl sites for hydroxylation is 1. The number of aliphatic hydroxyl groups excluding tert-OH is 1. The van der Waals surface area contributed by atoms with Crippen molar-refractivity contribution in [3.05, 3.63) is 16.1 Å². The predicted octanol–water partition coefficient (Wildman–Crippen LogP) is 3.41. The topological polar surface area (TPSA) is 60.8 Å². The van der Waals surface area contributed by atoms with E-state index in [0.29, 0.717) is 6.54 Å². The molecule has 138 valence electrons. The Kier molecular flexibility index (Phi) is 8.94. The van der Waals surface area contributed by atoms with E-state index < -0.39 is 0 Å². The summed E-state index contributed by atoms with van der Waals surface area (Å²) < 4.78 is 0. The number of aromatic nitrogens is 1. The van der Waals surface area contributed by atoms with E-state index in [4.69, 9.17) is 4.99 Å². The third-order valence-electron chi connectivity index (χ3n) is 4.63. The van der Waals surface area contributed by atoms with Crippen molar-refractivity contribution in [3.63, 3.8) is 0 Å². The van der Waals surface area contributed by atoms with Crippen LogP contribution in [-0.2, 0) is 6.54 Å². The van der Waals surface area contributed by atoms with E-state index >= 15 is 0 Å². The molecule has 2 rings (SSSR count). The standard InChI is InChI=1S/C17H30N4OS.HI/c1-5-18-16(21(4)10-14-11-23-13(2)20-14)19-12-17(3)9-7-6-8-15(17)22;/h11,15,22H,5-10,12H2,1-4H3,(H,18,19);1H. The molecule has 1 heterocycles. The molecule has 2 atom stereocenters. The van der Waals surface area contributed by atoms with Crippen LogP contribution in [0.25, 0.3) is 0 Å². The minimum absolute atomic E-state index is 0. The second-order valence-electron chi connectivity index (χ2n) is 6.80. The van der Waals surface area contributed by atoms with E-state index in [1.54, 1.807) is 11.3 Å². The quantitative estimate of drug-likeness (QED) is 0.397. The first-order valence-corrected chi connectivity index (χ1v) is 9.41. The molecule has 1 fully saturated rings. The van der Waals surface area contributed by atoms with Crippen LogP contribution < -0.4 is 5.32 Å². The fraction of sp³-hybridized carbons (Fsp3) is 0.765. The van der Waals surface area contributed by atoms with Crippen molar-refractivity contribution in [1.29, 1.82) is 0 Å². The summed E-state index contributed by atoms with van der Waals surface area (Å²) in [7, 11) is 2.04. The highest BCUT2D eigenvalue weighted by atomic mass is 127. The van der Waals surface area contributed by atoms with Gasteiger partial charge < -0.3 is 15.3 Å². The molecule has 7 heteroatoms. The number of hydrogen-bond acceptors (Lipinski definition) is 4. The zero-order chi connectivity index (χ0) is 16.9. The minimum atomic E-state index is -0.241. The lowest BCUT2D eigenvalue weighted by Gasteiger charge is -2.37. The maximum absolute atomic E-state index is 10.3. The Morgan fingerprint density at radius 1 is 1.54 bits per heavy atom. The molecule has 2 N–H and O–H groups in total. The molecule has 0 aromatic carbocycles.